The first-order chi connectivity index (χ1) is 23.0. The van der Waals surface area contributed by atoms with Crippen LogP contribution in [0.5, 0.6) is 0 Å². The summed E-state index contributed by atoms with van der Waals surface area (Å²) < 4.78 is 2.20. The zero-order chi connectivity index (χ0) is 34.3. The van der Waals surface area contributed by atoms with Crippen molar-refractivity contribution in [1.29, 1.82) is 0 Å². The first-order valence-corrected chi connectivity index (χ1v) is 20.4. The van der Waals surface area contributed by atoms with Gasteiger partial charge in [-0.15, -0.1) is 0 Å². The fourth-order valence-corrected chi connectivity index (χ4v) is 11.4. The van der Waals surface area contributed by atoms with Crippen molar-refractivity contribution in [1.82, 2.24) is 0 Å². The Hall–Kier alpha value is -3.12. The van der Waals surface area contributed by atoms with Crippen molar-refractivity contribution in [2.24, 2.45) is 0 Å². The smallest absolute Gasteiger partial charge is 0.0221 e. The Morgan fingerprint density at radius 2 is 0.521 bits per heavy atom. The first-order valence-electron chi connectivity index (χ1n) is 16.3. The van der Waals surface area contributed by atoms with Crippen molar-refractivity contribution in [3.8, 4) is 44.5 Å². The molecule has 0 atom stereocenters. The Balaban J connectivity index is 1.75. The van der Waals surface area contributed by atoms with Gasteiger partial charge in [0.1, 0.15) is 0 Å². The summed E-state index contributed by atoms with van der Waals surface area (Å²) >= 11 is 7.90. The normalized spacial score (nSPS) is 11.5. The van der Waals surface area contributed by atoms with E-state index in [9.17, 15) is 0 Å². The van der Waals surface area contributed by atoms with Gasteiger partial charge in [-0.1, -0.05) is 105 Å². The van der Waals surface area contributed by atoms with Gasteiger partial charge in [-0.25, -0.2) is 0 Å². The lowest BCUT2D eigenvalue weighted by Gasteiger charge is -2.21. The molecule has 0 saturated carbocycles. The van der Waals surface area contributed by atoms with Gasteiger partial charge >= 0.3 is 0 Å². The Morgan fingerprint density at radius 1 is 0.333 bits per heavy atom. The lowest BCUT2D eigenvalue weighted by atomic mass is 9.90. The summed E-state index contributed by atoms with van der Waals surface area (Å²) in [4.78, 5) is 0. The van der Waals surface area contributed by atoms with E-state index in [1.54, 1.807) is 0 Å². The van der Waals surface area contributed by atoms with Gasteiger partial charge in [-0.05, 0) is 184 Å². The van der Waals surface area contributed by atoms with E-state index in [0.29, 0.717) is 0 Å². The molecular formula is C44H40Br2P2. The molecule has 6 aromatic carbocycles. The predicted octanol–water partition coefficient (Wildman–Crippen LogP) is 14.1. The van der Waals surface area contributed by atoms with Gasteiger partial charge < -0.3 is 0 Å². The average Bonchev–Trinajstić information content (AvgIpc) is 3.01. The Morgan fingerprint density at radius 3 is 0.708 bits per heavy atom. The van der Waals surface area contributed by atoms with E-state index in [0.717, 1.165) is 8.95 Å². The fraction of sp³-hybridized carbons (Fsp3) is 0.182. The van der Waals surface area contributed by atoms with Crippen molar-refractivity contribution in [3.63, 3.8) is 0 Å². The minimum atomic E-state index is 1.10. The molecule has 0 heterocycles. The zero-order valence-electron chi connectivity index (χ0n) is 28.9. The molecule has 0 radical (unpaired) electrons. The van der Waals surface area contributed by atoms with Crippen LogP contribution in [0.15, 0.2) is 106 Å². The number of rotatable bonds is 6. The number of benzene rings is 6. The van der Waals surface area contributed by atoms with Crippen LogP contribution in [0.25, 0.3) is 44.5 Å². The number of hydrogen-bond donors (Lipinski definition) is 0. The van der Waals surface area contributed by atoms with Crippen molar-refractivity contribution >= 4 is 58.2 Å². The molecule has 0 bridgehead atoms. The number of hydrogen-bond acceptors (Lipinski definition) is 0. The van der Waals surface area contributed by atoms with E-state index in [1.165, 1.54) is 115 Å². The van der Waals surface area contributed by atoms with Crippen LogP contribution in [0.4, 0.5) is 0 Å². The Labute approximate surface area is 306 Å². The molecule has 0 N–H and O–H groups in total. The topological polar surface area (TPSA) is 0 Å². The second-order valence-corrected chi connectivity index (χ2v) is 17.3. The highest BCUT2D eigenvalue weighted by Crippen LogP contribution is 2.42. The molecule has 48 heavy (non-hydrogen) atoms. The molecule has 0 aliphatic carbocycles. The van der Waals surface area contributed by atoms with Crippen molar-refractivity contribution < 1.29 is 0 Å². The van der Waals surface area contributed by atoms with Crippen LogP contribution in [-0.2, 0) is 0 Å². The highest BCUT2D eigenvalue weighted by molar-refractivity contribution is 9.10. The average molecular weight is 791 g/mol. The second kappa shape index (κ2) is 14.4. The first kappa shape index (κ1) is 34.7. The molecule has 240 valence electrons. The van der Waals surface area contributed by atoms with Gasteiger partial charge in [0.05, 0.1) is 0 Å². The summed E-state index contributed by atoms with van der Waals surface area (Å²) in [5, 5.41) is 2.72. The minimum Gasteiger partial charge on any atom is -0.0617 e. The lowest BCUT2D eigenvalue weighted by Crippen LogP contribution is -2.09. The molecule has 0 spiro atoms. The molecule has 6 aromatic rings. The largest absolute Gasteiger partial charge is 0.0617 e. The van der Waals surface area contributed by atoms with E-state index in [4.69, 9.17) is 0 Å². The molecule has 0 fully saturated rings. The van der Waals surface area contributed by atoms with Crippen LogP contribution >= 0.6 is 47.6 Å². The second-order valence-electron chi connectivity index (χ2n) is 13.0. The molecule has 0 unspecified atom stereocenters. The van der Waals surface area contributed by atoms with E-state index >= 15 is 0 Å². The van der Waals surface area contributed by atoms with E-state index in [1.807, 2.05) is 0 Å². The maximum Gasteiger partial charge on any atom is 0.0221 e. The van der Waals surface area contributed by atoms with Crippen LogP contribution < -0.4 is 10.6 Å². The molecule has 0 aliphatic rings. The number of aryl methyl sites for hydroxylation is 8. The molecule has 0 saturated heterocycles. The van der Waals surface area contributed by atoms with Crippen LogP contribution in [0.2, 0.25) is 0 Å². The Kier molecular flexibility index (Phi) is 10.4. The third kappa shape index (κ3) is 6.71. The van der Waals surface area contributed by atoms with E-state index in [2.05, 4.69) is 184 Å². The number of halogens is 2. The maximum absolute atomic E-state index is 3.95. The molecule has 0 aromatic heterocycles. The van der Waals surface area contributed by atoms with Crippen LogP contribution in [-0.4, -0.2) is 0 Å². The summed E-state index contributed by atoms with van der Waals surface area (Å²) in [6.45, 7) is 17.9. The molecule has 0 nitrogen and oxygen atoms in total. The monoisotopic (exact) mass is 788 g/mol. The SMILES string of the molecule is Cc1cccc(C)c1-c1cc(Br)cc(-c2c(C)cccc2C)c1P=Pc1c(-c2c(C)cccc2C)cc(Br)cc1-c1c(C)cccc1C. The molecule has 6 rings (SSSR count). The van der Waals surface area contributed by atoms with Gasteiger partial charge in [0.15, 0.2) is 0 Å². The quantitative estimate of drug-likeness (QED) is 0.147. The maximum atomic E-state index is 3.95. The van der Waals surface area contributed by atoms with Gasteiger partial charge in [0.25, 0.3) is 0 Å². The standard InChI is InChI=1S/C44H40Br2P2/c1-25-13-9-14-26(2)39(25)35-21-33(45)22-36(40-27(3)15-10-16-28(40)4)43(35)47-48-44-37(41-29(5)17-11-18-30(41)6)23-34(46)24-38(44)42-31(7)19-12-20-32(42)8/h9-24H,1-8H3. The van der Waals surface area contributed by atoms with Crippen molar-refractivity contribution in [2.45, 2.75) is 55.4 Å². The van der Waals surface area contributed by atoms with Gasteiger partial charge in [0.2, 0.25) is 0 Å². The predicted molar refractivity (Wildman–Crippen MR) is 221 cm³/mol. The molecule has 0 aliphatic heterocycles. The van der Waals surface area contributed by atoms with Gasteiger partial charge in [-0.2, -0.15) is 0 Å². The minimum absolute atomic E-state index is 1.10. The van der Waals surface area contributed by atoms with Gasteiger partial charge in [0, 0.05) is 19.6 Å². The molecule has 4 heteroatoms. The van der Waals surface area contributed by atoms with Crippen molar-refractivity contribution in [3.05, 3.63) is 151 Å². The third-order valence-corrected chi connectivity index (χ3v) is 13.3. The lowest BCUT2D eigenvalue weighted by molar-refractivity contribution is 1.37. The van der Waals surface area contributed by atoms with Crippen molar-refractivity contribution in [2.75, 3.05) is 0 Å². The zero-order valence-corrected chi connectivity index (χ0v) is 33.8. The van der Waals surface area contributed by atoms with Gasteiger partial charge in [-0.3, -0.25) is 0 Å². The molecule has 0 amide bonds. The van der Waals surface area contributed by atoms with Crippen LogP contribution in [0.1, 0.15) is 44.5 Å². The summed E-state index contributed by atoms with van der Waals surface area (Å²) in [5.41, 5.74) is 20.9. The highest BCUT2D eigenvalue weighted by Gasteiger charge is 2.21. The summed E-state index contributed by atoms with van der Waals surface area (Å²) in [6, 6.07) is 36.0. The van der Waals surface area contributed by atoms with E-state index < -0.39 is 0 Å². The molecular weight excluding hydrogens is 750 g/mol. The summed E-state index contributed by atoms with van der Waals surface area (Å²) in [6.07, 6.45) is 0. The fourth-order valence-electron chi connectivity index (χ4n) is 7.23. The van der Waals surface area contributed by atoms with E-state index in [-0.39, 0.29) is 0 Å². The third-order valence-electron chi connectivity index (χ3n) is 9.40. The highest BCUT2D eigenvalue weighted by atomic mass is 79.9. The van der Waals surface area contributed by atoms with Crippen LogP contribution in [0, 0.1) is 55.4 Å². The summed E-state index contributed by atoms with van der Waals surface area (Å²) in [5.74, 6) is 0. The summed E-state index contributed by atoms with van der Waals surface area (Å²) in [7, 11) is 2.46. The Bertz CT molecular complexity index is 1860. The van der Waals surface area contributed by atoms with Crippen LogP contribution in [0.3, 0.4) is 0 Å².